The summed E-state index contributed by atoms with van der Waals surface area (Å²) in [5.74, 6) is -0.864. The fraction of sp³-hybridized carbons (Fsp3) is 0.167. The summed E-state index contributed by atoms with van der Waals surface area (Å²) in [6.45, 7) is 0.458. The van der Waals surface area contributed by atoms with Gasteiger partial charge in [0.1, 0.15) is 6.04 Å². The second-order valence-electron chi connectivity index (χ2n) is 5.47. The highest BCUT2D eigenvalue weighted by atomic mass is 35.5. The normalized spacial score (nSPS) is 12.4. The van der Waals surface area contributed by atoms with E-state index in [1.807, 2.05) is 48.7 Å². The van der Waals surface area contributed by atoms with Gasteiger partial charge in [-0.3, -0.25) is 4.79 Å². The van der Waals surface area contributed by atoms with Crippen molar-refractivity contribution in [3.8, 4) is 0 Å². The highest BCUT2D eigenvalue weighted by molar-refractivity contribution is 6.30. The molecule has 3 aromatic rings. The lowest BCUT2D eigenvalue weighted by Crippen LogP contribution is -2.38. The van der Waals surface area contributed by atoms with Gasteiger partial charge in [0.25, 0.3) is 0 Å². The molecule has 118 valence electrons. The Bertz CT molecular complexity index is 829. The molecule has 1 atom stereocenters. The predicted molar refractivity (Wildman–Crippen MR) is 91.7 cm³/mol. The summed E-state index contributed by atoms with van der Waals surface area (Å²) in [6, 6.07) is 14.6. The van der Waals surface area contributed by atoms with Crippen LogP contribution in [0.4, 0.5) is 0 Å². The molecule has 0 amide bonds. The Morgan fingerprint density at radius 3 is 2.83 bits per heavy atom. The van der Waals surface area contributed by atoms with E-state index in [9.17, 15) is 9.90 Å². The molecule has 0 saturated heterocycles. The summed E-state index contributed by atoms with van der Waals surface area (Å²) in [6.07, 6.45) is 2.29. The van der Waals surface area contributed by atoms with Crippen molar-refractivity contribution in [1.82, 2.24) is 10.3 Å². The third-order valence-corrected chi connectivity index (χ3v) is 4.07. The molecule has 4 nitrogen and oxygen atoms in total. The molecular weight excluding hydrogens is 312 g/mol. The highest BCUT2D eigenvalue weighted by Crippen LogP contribution is 2.19. The van der Waals surface area contributed by atoms with Crippen LogP contribution in [0.2, 0.25) is 5.02 Å². The van der Waals surface area contributed by atoms with Crippen molar-refractivity contribution in [3.63, 3.8) is 0 Å². The molecule has 1 aromatic heterocycles. The van der Waals surface area contributed by atoms with Crippen LogP contribution in [0.5, 0.6) is 0 Å². The van der Waals surface area contributed by atoms with E-state index in [4.69, 9.17) is 11.6 Å². The van der Waals surface area contributed by atoms with Crippen molar-refractivity contribution >= 4 is 28.5 Å². The van der Waals surface area contributed by atoms with Gasteiger partial charge in [-0.1, -0.05) is 41.9 Å². The number of fused-ring (bicyclic) bond motifs is 1. The van der Waals surface area contributed by atoms with Gasteiger partial charge in [0.05, 0.1) is 0 Å². The van der Waals surface area contributed by atoms with Gasteiger partial charge >= 0.3 is 5.97 Å². The lowest BCUT2D eigenvalue weighted by molar-refractivity contribution is -0.139. The minimum absolute atomic E-state index is 0.417. The summed E-state index contributed by atoms with van der Waals surface area (Å²) in [7, 11) is 0. The topological polar surface area (TPSA) is 65.1 Å². The maximum atomic E-state index is 11.6. The average molecular weight is 329 g/mol. The van der Waals surface area contributed by atoms with Crippen LogP contribution in [0.25, 0.3) is 10.9 Å². The third kappa shape index (κ3) is 3.73. The van der Waals surface area contributed by atoms with Gasteiger partial charge in [-0.05, 0) is 29.3 Å². The monoisotopic (exact) mass is 328 g/mol. The van der Waals surface area contributed by atoms with E-state index in [-0.39, 0.29) is 0 Å². The number of halogens is 1. The SMILES string of the molecule is O=C(O)C(Cc1c[nH]c2ccccc12)NCc1cccc(Cl)c1. The molecule has 0 bridgehead atoms. The smallest absolute Gasteiger partial charge is 0.321 e. The number of hydrogen-bond donors (Lipinski definition) is 3. The molecule has 0 aliphatic heterocycles. The van der Waals surface area contributed by atoms with E-state index in [2.05, 4.69) is 10.3 Å². The first-order valence-corrected chi connectivity index (χ1v) is 7.77. The minimum Gasteiger partial charge on any atom is -0.480 e. The standard InChI is InChI=1S/C18H17ClN2O2/c19-14-5-3-4-12(8-14)10-20-17(18(22)23)9-13-11-21-16-7-2-1-6-15(13)16/h1-8,11,17,20-21H,9-10H2,(H,22,23). The Morgan fingerprint density at radius 2 is 2.04 bits per heavy atom. The molecule has 23 heavy (non-hydrogen) atoms. The summed E-state index contributed by atoms with van der Waals surface area (Å²) < 4.78 is 0. The Balaban J connectivity index is 1.73. The molecular formula is C18H17ClN2O2. The van der Waals surface area contributed by atoms with E-state index in [1.54, 1.807) is 6.07 Å². The van der Waals surface area contributed by atoms with E-state index in [0.29, 0.717) is 18.0 Å². The van der Waals surface area contributed by atoms with Crippen molar-refractivity contribution < 1.29 is 9.90 Å². The van der Waals surface area contributed by atoms with Crippen LogP contribution in [-0.4, -0.2) is 22.1 Å². The van der Waals surface area contributed by atoms with Crippen LogP contribution in [0.3, 0.4) is 0 Å². The van der Waals surface area contributed by atoms with E-state index < -0.39 is 12.0 Å². The largest absolute Gasteiger partial charge is 0.480 e. The molecule has 3 rings (SSSR count). The molecule has 0 spiro atoms. The molecule has 2 aromatic carbocycles. The summed E-state index contributed by atoms with van der Waals surface area (Å²) in [4.78, 5) is 14.7. The predicted octanol–water partition coefficient (Wildman–Crippen LogP) is 3.61. The molecule has 0 radical (unpaired) electrons. The summed E-state index contributed by atoms with van der Waals surface area (Å²) >= 11 is 5.95. The zero-order valence-electron chi connectivity index (χ0n) is 12.4. The van der Waals surface area contributed by atoms with Crippen molar-refractivity contribution in [2.24, 2.45) is 0 Å². The molecule has 5 heteroatoms. The van der Waals surface area contributed by atoms with Gasteiger partial charge in [0, 0.05) is 35.1 Å². The van der Waals surface area contributed by atoms with Crippen LogP contribution in [0.1, 0.15) is 11.1 Å². The van der Waals surface area contributed by atoms with Gasteiger partial charge in [-0.2, -0.15) is 0 Å². The van der Waals surface area contributed by atoms with Gasteiger partial charge in [0.2, 0.25) is 0 Å². The van der Waals surface area contributed by atoms with Gasteiger partial charge in [0.15, 0.2) is 0 Å². The van der Waals surface area contributed by atoms with Crippen molar-refractivity contribution in [2.45, 2.75) is 19.0 Å². The molecule has 1 heterocycles. The van der Waals surface area contributed by atoms with Crippen molar-refractivity contribution in [2.75, 3.05) is 0 Å². The maximum absolute atomic E-state index is 11.6. The Kier molecular flexibility index (Phi) is 4.65. The van der Waals surface area contributed by atoms with E-state index >= 15 is 0 Å². The number of carboxylic acid groups (broad SMARTS) is 1. The Labute approximate surface area is 139 Å². The van der Waals surface area contributed by atoms with Crippen LogP contribution >= 0.6 is 11.6 Å². The second kappa shape index (κ2) is 6.86. The molecule has 0 aliphatic carbocycles. The zero-order chi connectivity index (χ0) is 16.2. The number of H-pyrrole nitrogens is 1. The lowest BCUT2D eigenvalue weighted by Gasteiger charge is -2.14. The van der Waals surface area contributed by atoms with Crippen molar-refractivity contribution in [1.29, 1.82) is 0 Å². The van der Waals surface area contributed by atoms with E-state index in [0.717, 1.165) is 22.0 Å². The number of aromatic amines is 1. The number of aromatic nitrogens is 1. The number of para-hydroxylation sites is 1. The molecule has 3 N–H and O–H groups in total. The molecule has 0 aliphatic rings. The first kappa shape index (κ1) is 15.6. The van der Waals surface area contributed by atoms with Gasteiger partial charge in [-0.15, -0.1) is 0 Å². The zero-order valence-corrected chi connectivity index (χ0v) is 13.2. The van der Waals surface area contributed by atoms with Gasteiger partial charge in [-0.25, -0.2) is 0 Å². The Hall–Kier alpha value is -2.30. The lowest BCUT2D eigenvalue weighted by atomic mass is 10.0. The van der Waals surface area contributed by atoms with Crippen LogP contribution in [0.15, 0.2) is 54.7 Å². The third-order valence-electron chi connectivity index (χ3n) is 3.84. The number of nitrogens with one attached hydrogen (secondary N) is 2. The fourth-order valence-electron chi connectivity index (χ4n) is 2.66. The molecule has 1 unspecified atom stereocenters. The van der Waals surface area contributed by atoms with Crippen LogP contribution in [-0.2, 0) is 17.8 Å². The van der Waals surface area contributed by atoms with E-state index in [1.165, 1.54) is 0 Å². The Morgan fingerprint density at radius 1 is 1.22 bits per heavy atom. The number of benzene rings is 2. The maximum Gasteiger partial charge on any atom is 0.321 e. The summed E-state index contributed by atoms with van der Waals surface area (Å²) in [5.41, 5.74) is 2.97. The second-order valence-corrected chi connectivity index (χ2v) is 5.90. The number of hydrogen-bond acceptors (Lipinski definition) is 2. The number of carboxylic acids is 1. The number of carbonyl (C=O) groups is 1. The molecule has 0 fully saturated rings. The van der Waals surface area contributed by atoms with Crippen LogP contribution in [0, 0.1) is 0 Å². The fourth-order valence-corrected chi connectivity index (χ4v) is 2.87. The highest BCUT2D eigenvalue weighted by Gasteiger charge is 2.19. The minimum atomic E-state index is -0.864. The number of aliphatic carboxylic acids is 1. The summed E-state index contributed by atoms with van der Waals surface area (Å²) in [5, 5.41) is 14.3. The van der Waals surface area contributed by atoms with Crippen LogP contribution < -0.4 is 5.32 Å². The van der Waals surface area contributed by atoms with Crippen molar-refractivity contribution in [3.05, 3.63) is 70.9 Å². The average Bonchev–Trinajstić information content (AvgIpc) is 2.94. The molecule has 0 saturated carbocycles. The number of rotatable bonds is 6. The van der Waals surface area contributed by atoms with Gasteiger partial charge < -0.3 is 15.4 Å². The first-order chi connectivity index (χ1) is 11.1. The first-order valence-electron chi connectivity index (χ1n) is 7.39. The quantitative estimate of drug-likeness (QED) is 0.647.